The van der Waals surface area contributed by atoms with E-state index in [1.165, 1.54) is 10.3 Å². The lowest BCUT2D eigenvalue weighted by atomic mass is 10.1. The van der Waals surface area contributed by atoms with E-state index in [0.717, 1.165) is 11.1 Å². The van der Waals surface area contributed by atoms with Crippen LogP contribution in [0.15, 0.2) is 53.9 Å². The highest BCUT2D eigenvalue weighted by molar-refractivity contribution is 7.94. The zero-order valence-electron chi connectivity index (χ0n) is 13.9. The van der Waals surface area contributed by atoms with Crippen molar-refractivity contribution in [2.45, 2.75) is 19.9 Å². The van der Waals surface area contributed by atoms with Gasteiger partial charge in [-0.2, -0.15) is 0 Å². The Kier molecular flexibility index (Phi) is 4.71. The lowest BCUT2D eigenvalue weighted by Gasteiger charge is -2.28. The van der Waals surface area contributed by atoms with Gasteiger partial charge in [0.1, 0.15) is 0 Å². The third-order valence-electron chi connectivity index (χ3n) is 4.02. The molecule has 25 heavy (non-hydrogen) atoms. The quantitative estimate of drug-likeness (QED) is 0.817. The van der Waals surface area contributed by atoms with E-state index >= 15 is 0 Å². The maximum atomic E-state index is 13.2. The topological polar surface area (TPSA) is 54.5 Å². The van der Waals surface area contributed by atoms with Crippen LogP contribution >= 0.6 is 11.6 Å². The van der Waals surface area contributed by atoms with Crippen LogP contribution in [-0.2, 0) is 9.84 Å². The summed E-state index contributed by atoms with van der Waals surface area (Å²) in [5.41, 5.74) is 3.10. The first-order chi connectivity index (χ1) is 11.7. The van der Waals surface area contributed by atoms with Crippen LogP contribution in [0, 0.1) is 13.8 Å². The Morgan fingerprint density at radius 2 is 1.80 bits per heavy atom. The molecule has 0 radical (unpaired) electrons. The molecule has 0 aliphatic carbocycles. The summed E-state index contributed by atoms with van der Waals surface area (Å²) < 4.78 is 23.8. The number of halogens is 1. The fourth-order valence-electron chi connectivity index (χ4n) is 3.03. The van der Waals surface area contributed by atoms with Gasteiger partial charge >= 0.3 is 0 Å². The van der Waals surface area contributed by atoms with Crippen LogP contribution in [-0.4, -0.2) is 26.1 Å². The molecule has 1 unspecified atom stereocenters. The zero-order chi connectivity index (χ0) is 18.2. The summed E-state index contributed by atoms with van der Waals surface area (Å²) in [6.07, 6.45) is 1.56. The third-order valence-corrected chi connectivity index (χ3v) is 5.63. The fourth-order valence-corrected chi connectivity index (χ4v) is 4.49. The first-order valence-electron chi connectivity index (χ1n) is 7.83. The number of aryl methyl sites for hydroxylation is 2. The lowest BCUT2D eigenvalue weighted by molar-refractivity contribution is 0.0983. The van der Waals surface area contributed by atoms with Crippen molar-refractivity contribution in [3.63, 3.8) is 0 Å². The molecule has 1 amide bonds. The molecule has 1 atom stereocenters. The minimum atomic E-state index is -3.29. The van der Waals surface area contributed by atoms with Crippen LogP contribution < -0.4 is 4.90 Å². The first-order valence-corrected chi connectivity index (χ1v) is 9.93. The molecular weight excluding hydrogens is 358 g/mol. The van der Waals surface area contributed by atoms with Gasteiger partial charge in [0, 0.05) is 21.7 Å². The molecule has 2 aromatic rings. The van der Waals surface area contributed by atoms with Crippen molar-refractivity contribution >= 4 is 33.0 Å². The molecule has 130 valence electrons. The van der Waals surface area contributed by atoms with E-state index < -0.39 is 15.9 Å². The molecule has 3 rings (SSSR count). The molecule has 1 aliphatic rings. The molecule has 1 aliphatic heterocycles. The number of amides is 1. The van der Waals surface area contributed by atoms with Crippen LogP contribution in [0.3, 0.4) is 0 Å². The largest absolute Gasteiger partial charge is 0.300 e. The van der Waals surface area contributed by atoms with E-state index in [4.69, 9.17) is 11.6 Å². The fraction of sp³-hybridized carbons (Fsp3) is 0.211. The average molecular weight is 376 g/mol. The maximum Gasteiger partial charge on any atom is 0.258 e. The molecule has 6 heteroatoms. The molecule has 0 aromatic heterocycles. The molecule has 0 saturated carbocycles. The predicted molar refractivity (Wildman–Crippen MR) is 101 cm³/mol. The third kappa shape index (κ3) is 3.94. The number of rotatable bonds is 3. The number of hydrogen-bond donors (Lipinski definition) is 0. The minimum absolute atomic E-state index is 0.119. The Hall–Kier alpha value is -2.11. The van der Waals surface area contributed by atoms with Crippen molar-refractivity contribution in [1.82, 2.24) is 0 Å². The summed E-state index contributed by atoms with van der Waals surface area (Å²) in [4.78, 5) is 14.7. The van der Waals surface area contributed by atoms with Crippen LogP contribution in [0.25, 0.3) is 0 Å². The van der Waals surface area contributed by atoms with Crippen molar-refractivity contribution < 1.29 is 13.2 Å². The van der Waals surface area contributed by atoms with Crippen LogP contribution in [0.5, 0.6) is 0 Å². The summed E-state index contributed by atoms with van der Waals surface area (Å²) in [7, 11) is -3.29. The Bertz CT molecular complexity index is 946. The van der Waals surface area contributed by atoms with Gasteiger partial charge in [-0.25, -0.2) is 8.42 Å². The number of hydrogen-bond acceptors (Lipinski definition) is 3. The smallest absolute Gasteiger partial charge is 0.258 e. The number of carbonyl (C=O) groups is 1. The Labute approximate surface area is 152 Å². The van der Waals surface area contributed by atoms with Gasteiger partial charge in [0.2, 0.25) is 0 Å². The normalized spacial score (nSPS) is 18.3. The highest BCUT2D eigenvalue weighted by Crippen LogP contribution is 2.27. The molecule has 2 aromatic carbocycles. The predicted octanol–water partition coefficient (Wildman–Crippen LogP) is 3.91. The number of benzene rings is 2. The van der Waals surface area contributed by atoms with E-state index in [1.807, 2.05) is 32.0 Å². The van der Waals surface area contributed by atoms with Crippen molar-refractivity contribution in [3.05, 3.63) is 75.7 Å². The second kappa shape index (κ2) is 6.65. The number of sulfone groups is 1. The standard InChI is InChI=1S/C19H18ClNO3S/c1-13-8-14(2)10-18(9-13)21(17-6-7-25(23,24)12-17)19(22)15-4-3-5-16(20)11-15/h3-11,17H,12H2,1-2H3. The Morgan fingerprint density at radius 3 is 2.36 bits per heavy atom. The summed E-state index contributed by atoms with van der Waals surface area (Å²) in [6, 6.07) is 11.9. The summed E-state index contributed by atoms with van der Waals surface area (Å²) in [5.74, 6) is -0.397. The molecule has 4 nitrogen and oxygen atoms in total. The van der Waals surface area contributed by atoms with Crippen molar-refractivity contribution in [3.8, 4) is 0 Å². The number of nitrogens with zero attached hydrogens (tertiary/aromatic N) is 1. The summed E-state index contributed by atoms with van der Waals surface area (Å²) in [5, 5.41) is 1.64. The maximum absolute atomic E-state index is 13.2. The highest BCUT2D eigenvalue weighted by atomic mass is 35.5. The Balaban J connectivity index is 2.09. The summed E-state index contributed by atoms with van der Waals surface area (Å²) in [6.45, 7) is 3.89. The van der Waals surface area contributed by atoms with Gasteiger partial charge in [-0.15, -0.1) is 0 Å². The highest BCUT2D eigenvalue weighted by Gasteiger charge is 2.32. The van der Waals surface area contributed by atoms with Gasteiger partial charge in [-0.3, -0.25) is 4.79 Å². The van der Waals surface area contributed by atoms with Crippen molar-refractivity contribution in [2.24, 2.45) is 0 Å². The molecular formula is C19H18ClNO3S. The Morgan fingerprint density at radius 1 is 1.12 bits per heavy atom. The molecule has 0 saturated heterocycles. The number of carbonyl (C=O) groups excluding carboxylic acids is 1. The van der Waals surface area contributed by atoms with Gasteiger partial charge < -0.3 is 4.90 Å². The molecule has 0 spiro atoms. The van der Waals surface area contributed by atoms with E-state index in [9.17, 15) is 13.2 Å². The lowest BCUT2D eigenvalue weighted by Crippen LogP contribution is -2.41. The van der Waals surface area contributed by atoms with Crippen LogP contribution in [0.4, 0.5) is 5.69 Å². The average Bonchev–Trinajstić information content (AvgIpc) is 2.86. The van der Waals surface area contributed by atoms with E-state index in [2.05, 4.69) is 0 Å². The van der Waals surface area contributed by atoms with Gasteiger partial charge in [0.15, 0.2) is 9.84 Å². The van der Waals surface area contributed by atoms with Gasteiger partial charge in [0.25, 0.3) is 5.91 Å². The molecule has 0 N–H and O–H groups in total. The zero-order valence-corrected chi connectivity index (χ0v) is 15.5. The second-order valence-corrected chi connectivity index (χ2v) is 8.62. The summed E-state index contributed by atoms with van der Waals surface area (Å²) >= 11 is 6.01. The van der Waals surface area contributed by atoms with Crippen LogP contribution in [0.1, 0.15) is 21.5 Å². The van der Waals surface area contributed by atoms with Crippen molar-refractivity contribution in [1.29, 1.82) is 0 Å². The van der Waals surface area contributed by atoms with Gasteiger partial charge in [-0.05, 0) is 61.4 Å². The van der Waals surface area contributed by atoms with Gasteiger partial charge in [-0.1, -0.05) is 23.7 Å². The van der Waals surface area contributed by atoms with E-state index in [-0.39, 0.29) is 11.7 Å². The van der Waals surface area contributed by atoms with Crippen LogP contribution in [0.2, 0.25) is 5.02 Å². The minimum Gasteiger partial charge on any atom is -0.300 e. The number of anilines is 1. The van der Waals surface area contributed by atoms with E-state index in [1.54, 1.807) is 30.3 Å². The van der Waals surface area contributed by atoms with E-state index in [0.29, 0.717) is 16.3 Å². The molecule has 0 fully saturated rings. The first kappa shape index (κ1) is 17.7. The molecule has 1 heterocycles. The van der Waals surface area contributed by atoms with Crippen molar-refractivity contribution in [2.75, 3.05) is 10.7 Å². The van der Waals surface area contributed by atoms with Gasteiger partial charge in [0.05, 0.1) is 11.8 Å². The second-order valence-electron chi connectivity index (χ2n) is 6.26. The SMILES string of the molecule is Cc1cc(C)cc(N(C(=O)c2cccc(Cl)c2)C2C=CS(=O)(=O)C2)c1. The monoisotopic (exact) mass is 375 g/mol. The molecule has 0 bridgehead atoms.